The van der Waals surface area contributed by atoms with E-state index in [0.29, 0.717) is 13.0 Å². The van der Waals surface area contributed by atoms with E-state index >= 15 is 0 Å². The van der Waals surface area contributed by atoms with Crippen LogP contribution in [-0.2, 0) is 14.3 Å². The molecule has 0 aromatic carbocycles. The molecule has 0 rings (SSSR count). The molecule has 0 unspecified atom stereocenters. The number of carbonyl (C=O) groups is 1. The molecule has 0 bridgehead atoms. The Balaban J connectivity index is 3.04. The predicted octanol–water partition coefficient (Wildman–Crippen LogP) is 7.20. The van der Waals surface area contributed by atoms with Gasteiger partial charge in [-0.05, 0) is 25.7 Å². The molecule has 4 heteroatoms. The fourth-order valence-electron chi connectivity index (χ4n) is 2.92. The lowest BCUT2D eigenvalue weighted by molar-refractivity contribution is -0.143. The van der Waals surface area contributed by atoms with Crippen molar-refractivity contribution in [3.8, 4) is 0 Å². The molecule has 0 saturated carbocycles. The van der Waals surface area contributed by atoms with E-state index in [0.717, 1.165) is 37.8 Å². The number of ether oxygens (including phenoxy) is 2. The topological polar surface area (TPSA) is 35.5 Å². The van der Waals surface area contributed by atoms with Crippen LogP contribution in [0.4, 0.5) is 0 Å². The van der Waals surface area contributed by atoms with Crippen molar-refractivity contribution >= 4 is 21.9 Å². The molecule has 26 heavy (non-hydrogen) atoms. The van der Waals surface area contributed by atoms with Crippen LogP contribution in [0, 0.1) is 0 Å². The van der Waals surface area contributed by atoms with Crippen molar-refractivity contribution in [2.45, 2.75) is 110 Å². The fourth-order valence-corrected chi connectivity index (χ4v) is 3.20. The van der Waals surface area contributed by atoms with Crippen LogP contribution in [0.1, 0.15) is 110 Å². The molecule has 156 valence electrons. The van der Waals surface area contributed by atoms with E-state index in [9.17, 15) is 4.79 Å². The minimum atomic E-state index is -0.0816. The monoisotopic (exact) mass is 434 g/mol. The van der Waals surface area contributed by atoms with Crippen molar-refractivity contribution in [3.63, 3.8) is 0 Å². The van der Waals surface area contributed by atoms with E-state index in [1.165, 1.54) is 77.0 Å². The second-order valence-electron chi connectivity index (χ2n) is 7.22. The predicted molar refractivity (Wildman–Crippen MR) is 115 cm³/mol. The van der Waals surface area contributed by atoms with Crippen LogP contribution in [-0.4, -0.2) is 31.1 Å². The molecule has 0 amide bonds. The maximum absolute atomic E-state index is 11.3. The van der Waals surface area contributed by atoms with Crippen molar-refractivity contribution in [2.75, 3.05) is 25.2 Å². The summed E-state index contributed by atoms with van der Waals surface area (Å²) in [6.07, 6.45) is 19.8. The zero-order valence-electron chi connectivity index (χ0n) is 17.2. The summed E-state index contributed by atoms with van der Waals surface area (Å²) in [5.41, 5.74) is 0. The molecule has 0 aliphatic carbocycles. The van der Waals surface area contributed by atoms with Crippen molar-refractivity contribution in [2.24, 2.45) is 0 Å². The van der Waals surface area contributed by atoms with Gasteiger partial charge in [0.25, 0.3) is 0 Å². The molecule has 3 nitrogen and oxygen atoms in total. The molecule has 0 atom stereocenters. The van der Waals surface area contributed by atoms with Crippen molar-refractivity contribution < 1.29 is 14.3 Å². The molecule has 0 saturated heterocycles. The molecule has 0 aromatic rings. The number of rotatable bonds is 21. The van der Waals surface area contributed by atoms with Gasteiger partial charge in [0, 0.05) is 25.0 Å². The third-order valence-corrected chi connectivity index (χ3v) is 5.16. The van der Waals surface area contributed by atoms with E-state index in [2.05, 4.69) is 22.9 Å². The second kappa shape index (κ2) is 23.0. The zero-order valence-corrected chi connectivity index (χ0v) is 18.8. The van der Waals surface area contributed by atoms with E-state index in [1.807, 2.05) is 0 Å². The van der Waals surface area contributed by atoms with Crippen molar-refractivity contribution in [1.82, 2.24) is 0 Å². The van der Waals surface area contributed by atoms with Gasteiger partial charge < -0.3 is 9.47 Å². The highest BCUT2D eigenvalue weighted by Crippen LogP contribution is 2.12. The second-order valence-corrected chi connectivity index (χ2v) is 8.01. The van der Waals surface area contributed by atoms with Crippen LogP contribution in [0.5, 0.6) is 0 Å². The Bertz CT molecular complexity index is 285. The lowest BCUT2D eigenvalue weighted by Crippen LogP contribution is -2.07. The molecule has 0 N–H and O–H groups in total. The Morgan fingerprint density at radius 1 is 0.654 bits per heavy atom. The summed E-state index contributed by atoms with van der Waals surface area (Å²) in [5, 5.41) is 0.856. The van der Waals surface area contributed by atoms with Crippen LogP contribution in [0.25, 0.3) is 0 Å². The van der Waals surface area contributed by atoms with Crippen LogP contribution >= 0.6 is 15.9 Å². The first-order valence-corrected chi connectivity index (χ1v) is 12.2. The first kappa shape index (κ1) is 25.9. The number of hydrogen-bond donors (Lipinski definition) is 0. The van der Waals surface area contributed by atoms with Crippen molar-refractivity contribution in [3.05, 3.63) is 0 Å². The van der Waals surface area contributed by atoms with Gasteiger partial charge in [0.2, 0.25) is 0 Å². The molecule has 0 radical (unpaired) electrons. The standard InChI is InChI=1S/C22H43BrO3/c1-2-3-4-5-6-7-8-9-10-11-12-13-19-25-20-14-15-21-26-22(24)17-16-18-23/h2-21H2,1H3. The van der Waals surface area contributed by atoms with Crippen LogP contribution in [0.3, 0.4) is 0 Å². The quantitative estimate of drug-likeness (QED) is 0.109. The van der Waals surface area contributed by atoms with E-state index < -0.39 is 0 Å². The SMILES string of the molecule is CCCCCCCCCCCCCCOCCCCOC(=O)CCCBr. The third kappa shape index (κ3) is 22.0. The lowest BCUT2D eigenvalue weighted by atomic mass is 10.1. The summed E-state index contributed by atoms with van der Waals surface area (Å²) in [5.74, 6) is -0.0816. The van der Waals surface area contributed by atoms with Gasteiger partial charge in [0.1, 0.15) is 0 Å². The fraction of sp³-hybridized carbons (Fsp3) is 0.955. The molecular formula is C22H43BrO3. The Kier molecular flexibility index (Phi) is 22.9. The average molecular weight is 435 g/mol. The van der Waals surface area contributed by atoms with E-state index in [4.69, 9.17) is 9.47 Å². The van der Waals surface area contributed by atoms with Gasteiger partial charge in [-0.25, -0.2) is 0 Å². The summed E-state index contributed by atoms with van der Waals surface area (Å²) in [7, 11) is 0. The number of hydrogen-bond acceptors (Lipinski definition) is 3. The Labute approximate surface area is 171 Å². The molecular weight excluding hydrogens is 392 g/mol. The third-order valence-electron chi connectivity index (χ3n) is 4.60. The van der Waals surface area contributed by atoms with Gasteiger partial charge in [-0.15, -0.1) is 0 Å². The van der Waals surface area contributed by atoms with Gasteiger partial charge in [0.05, 0.1) is 6.61 Å². The van der Waals surface area contributed by atoms with Crippen LogP contribution in [0.15, 0.2) is 0 Å². The van der Waals surface area contributed by atoms with Gasteiger partial charge in [-0.2, -0.15) is 0 Å². The number of alkyl halides is 1. The number of unbranched alkanes of at least 4 members (excludes halogenated alkanes) is 12. The molecule has 0 spiro atoms. The number of esters is 1. The molecule has 0 aliphatic heterocycles. The summed E-state index contributed by atoms with van der Waals surface area (Å²) < 4.78 is 10.8. The Morgan fingerprint density at radius 3 is 1.65 bits per heavy atom. The summed E-state index contributed by atoms with van der Waals surface area (Å²) in [6, 6.07) is 0. The first-order chi connectivity index (χ1) is 12.8. The largest absolute Gasteiger partial charge is 0.466 e. The van der Waals surface area contributed by atoms with Crippen LogP contribution in [0.2, 0.25) is 0 Å². The lowest BCUT2D eigenvalue weighted by Gasteiger charge is -2.06. The van der Waals surface area contributed by atoms with Crippen LogP contribution < -0.4 is 0 Å². The number of halogens is 1. The minimum Gasteiger partial charge on any atom is -0.466 e. The van der Waals surface area contributed by atoms with E-state index in [1.54, 1.807) is 0 Å². The average Bonchev–Trinajstić information content (AvgIpc) is 2.65. The smallest absolute Gasteiger partial charge is 0.305 e. The summed E-state index contributed by atoms with van der Waals surface area (Å²) >= 11 is 3.31. The van der Waals surface area contributed by atoms with Gasteiger partial charge in [-0.3, -0.25) is 4.79 Å². The van der Waals surface area contributed by atoms with Gasteiger partial charge in [0.15, 0.2) is 0 Å². The Hall–Kier alpha value is -0.0900. The highest BCUT2D eigenvalue weighted by Gasteiger charge is 2.01. The normalized spacial score (nSPS) is 11.0. The van der Waals surface area contributed by atoms with Crippen molar-refractivity contribution in [1.29, 1.82) is 0 Å². The van der Waals surface area contributed by atoms with E-state index in [-0.39, 0.29) is 5.97 Å². The highest BCUT2D eigenvalue weighted by atomic mass is 79.9. The molecule has 0 fully saturated rings. The maximum atomic E-state index is 11.3. The summed E-state index contributed by atoms with van der Waals surface area (Å²) in [4.78, 5) is 11.3. The summed E-state index contributed by atoms with van der Waals surface area (Å²) in [6.45, 7) is 4.47. The molecule has 0 aromatic heterocycles. The highest BCUT2D eigenvalue weighted by molar-refractivity contribution is 9.09. The maximum Gasteiger partial charge on any atom is 0.305 e. The zero-order chi connectivity index (χ0) is 19.1. The molecule has 0 aliphatic rings. The minimum absolute atomic E-state index is 0.0816. The molecule has 0 heterocycles. The Morgan fingerprint density at radius 2 is 1.12 bits per heavy atom. The number of carbonyl (C=O) groups excluding carboxylic acids is 1. The van der Waals surface area contributed by atoms with Gasteiger partial charge in [-0.1, -0.05) is 93.5 Å². The van der Waals surface area contributed by atoms with Gasteiger partial charge >= 0.3 is 5.97 Å². The first-order valence-electron chi connectivity index (χ1n) is 11.1.